The van der Waals surface area contributed by atoms with Gasteiger partial charge in [-0.3, -0.25) is 0 Å². The fourth-order valence-corrected chi connectivity index (χ4v) is 1.89. The zero-order valence-electron chi connectivity index (χ0n) is 10.9. The van der Waals surface area contributed by atoms with Crippen LogP contribution in [0.25, 0.3) is 0 Å². The van der Waals surface area contributed by atoms with Crippen LogP contribution in [0, 0.1) is 6.92 Å². The zero-order chi connectivity index (χ0) is 12.1. The third kappa shape index (κ3) is 3.79. The van der Waals surface area contributed by atoms with Crippen molar-refractivity contribution >= 4 is 12.4 Å². The predicted octanol–water partition coefficient (Wildman–Crippen LogP) is 3.23. The van der Waals surface area contributed by atoms with E-state index < -0.39 is 0 Å². The highest BCUT2D eigenvalue weighted by Gasteiger charge is 2.17. The molecule has 0 aliphatic heterocycles. The van der Waals surface area contributed by atoms with Crippen LogP contribution in [-0.2, 0) is 0 Å². The maximum Gasteiger partial charge on any atom is 0.127 e. The van der Waals surface area contributed by atoms with Crippen molar-refractivity contribution in [1.29, 1.82) is 0 Å². The molecule has 1 rings (SSSR count). The van der Waals surface area contributed by atoms with Crippen molar-refractivity contribution in [1.82, 2.24) is 0 Å². The number of ether oxygens (including phenoxy) is 2. The molecule has 0 fully saturated rings. The van der Waals surface area contributed by atoms with E-state index in [-0.39, 0.29) is 18.4 Å². The molecule has 0 heterocycles. The van der Waals surface area contributed by atoms with Crippen LogP contribution >= 0.6 is 12.4 Å². The Balaban J connectivity index is 0.00000256. The van der Waals surface area contributed by atoms with Gasteiger partial charge in [0.25, 0.3) is 0 Å². The van der Waals surface area contributed by atoms with E-state index >= 15 is 0 Å². The van der Waals surface area contributed by atoms with Crippen molar-refractivity contribution in [2.24, 2.45) is 5.73 Å². The molecule has 0 aliphatic rings. The molecule has 98 valence electrons. The van der Waals surface area contributed by atoms with Gasteiger partial charge in [0.05, 0.1) is 19.8 Å². The summed E-state index contributed by atoms with van der Waals surface area (Å²) in [7, 11) is 3.33. The highest BCUT2D eigenvalue weighted by molar-refractivity contribution is 5.85. The fraction of sp³-hybridized carbons (Fsp3) is 0.538. The van der Waals surface area contributed by atoms with E-state index in [1.165, 1.54) is 0 Å². The molecular formula is C13H22ClNO2. The second-order valence-electron chi connectivity index (χ2n) is 3.98. The van der Waals surface area contributed by atoms with Crippen LogP contribution in [0.2, 0.25) is 0 Å². The van der Waals surface area contributed by atoms with E-state index in [0.29, 0.717) is 0 Å². The lowest BCUT2D eigenvalue weighted by Crippen LogP contribution is -2.13. The molecule has 2 N–H and O–H groups in total. The van der Waals surface area contributed by atoms with Crippen molar-refractivity contribution in [3.8, 4) is 11.5 Å². The maximum absolute atomic E-state index is 6.15. The third-order valence-electron chi connectivity index (χ3n) is 2.66. The van der Waals surface area contributed by atoms with Crippen LogP contribution in [0.3, 0.4) is 0 Å². The summed E-state index contributed by atoms with van der Waals surface area (Å²) in [6.07, 6.45) is 1.97. The van der Waals surface area contributed by atoms with Gasteiger partial charge < -0.3 is 15.2 Å². The molecule has 0 spiro atoms. The van der Waals surface area contributed by atoms with Gasteiger partial charge in [-0.2, -0.15) is 0 Å². The lowest BCUT2D eigenvalue weighted by molar-refractivity contribution is 0.376. The average molecular weight is 260 g/mol. The molecule has 0 amide bonds. The number of aryl methyl sites for hydroxylation is 1. The van der Waals surface area contributed by atoms with Crippen LogP contribution in [0.4, 0.5) is 0 Å². The molecule has 0 aromatic heterocycles. The first kappa shape index (κ1) is 16.1. The second-order valence-corrected chi connectivity index (χ2v) is 3.98. The highest BCUT2D eigenvalue weighted by atomic mass is 35.5. The molecule has 3 nitrogen and oxygen atoms in total. The Morgan fingerprint density at radius 3 is 2.00 bits per heavy atom. The zero-order valence-corrected chi connectivity index (χ0v) is 11.8. The lowest BCUT2D eigenvalue weighted by atomic mass is 9.99. The van der Waals surface area contributed by atoms with Crippen LogP contribution in [0.1, 0.15) is 36.9 Å². The van der Waals surface area contributed by atoms with Crippen molar-refractivity contribution in [3.63, 3.8) is 0 Å². The van der Waals surface area contributed by atoms with Crippen molar-refractivity contribution in [2.75, 3.05) is 14.2 Å². The van der Waals surface area contributed by atoms with Gasteiger partial charge in [-0.15, -0.1) is 12.4 Å². The number of rotatable bonds is 5. The molecule has 0 radical (unpaired) electrons. The van der Waals surface area contributed by atoms with Gasteiger partial charge in [0.15, 0.2) is 0 Å². The van der Waals surface area contributed by atoms with Gasteiger partial charge in [0.1, 0.15) is 11.5 Å². The predicted molar refractivity (Wildman–Crippen MR) is 73.4 cm³/mol. The number of methoxy groups -OCH3 is 2. The van der Waals surface area contributed by atoms with Gasteiger partial charge in [-0.1, -0.05) is 13.3 Å². The molecule has 0 aliphatic carbocycles. The Hall–Kier alpha value is -0.930. The van der Waals surface area contributed by atoms with Crippen LogP contribution in [0.15, 0.2) is 12.1 Å². The minimum Gasteiger partial charge on any atom is -0.496 e. The maximum atomic E-state index is 6.15. The smallest absolute Gasteiger partial charge is 0.127 e. The number of hydrogen-bond acceptors (Lipinski definition) is 3. The van der Waals surface area contributed by atoms with Gasteiger partial charge in [-0.25, -0.2) is 0 Å². The molecular weight excluding hydrogens is 238 g/mol. The minimum absolute atomic E-state index is 0. The number of hydrogen-bond donors (Lipinski definition) is 1. The number of halogens is 1. The monoisotopic (exact) mass is 259 g/mol. The van der Waals surface area contributed by atoms with Crippen LogP contribution < -0.4 is 15.2 Å². The van der Waals surface area contributed by atoms with Gasteiger partial charge in [0, 0.05) is 6.04 Å². The van der Waals surface area contributed by atoms with E-state index in [9.17, 15) is 0 Å². The van der Waals surface area contributed by atoms with Crippen LogP contribution in [-0.4, -0.2) is 14.2 Å². The van der Waals surface area contributed by atoms with E-state index in [4.69, 9.17) is 15.2 Å². The summed E-state index contributed by atoms with van der Waals surface area (Å²) < 4.78 is 10.8. The Bertz CT molecular complexity index is 330. The average Bonchev–Trinajstić information content (AvgIpc) is 2.27. The van der Waals surface area contributed by atoms with Gasteiger partial charge in [-0.05, 0) is 31.0 Å². The second kappa shape index (κ2) is 7.41. The van der Waals surface area contributed by atoms with Crippen LogP contribution in [0.5, 0.6) is 11.5 Å². The molecule has 0 unspecified atom stereocenters. The molecule has 4 heteroatoms. The molecule has 0 saturated heterocycles. The molecule has 0 bridgehead atoms. The first-order valence-corrected chi connectivity index (χ1v) is 5.62. The van der Waals surface area contributed by atoms with E-state index in [2.05, 4.69) is 6.92 Å². The first-order chi connectivity index (χ1) is 7.63. The Kier molecular flexibility index (Phi) is 7.00. The summed E-state index contributed by atoms with van der Waals surface area (Å²) >= 11 is 0. The van der Waals surface area contributed by atoms with Crippen molar-refractivity contribution in [3.05, 3.63) is 23.3 Å². The lowest BCUT2D eigenvalue weighted by Gasteiger charge is -2.19. The molecule has 0 saturated carbocycles. The number of benzene rings is 1. The van der Waals surface area contributed by atoms with Crippen molar-refractivity contribution in [2.45, 2.75) is 32.7 Å². The van der Waals surface area contributed by atoms with Gasteiger partial charge in [0.2, 0.25) is 0 Å². The Labute approximate surface area is 110 Å². The number of nitrogens with two attached hydrogens (primary N) is 1. The summed E-state index contributed by atoms with van der Waals surface area (Å²) in [5, 5.41) is 0. The molecule has 17 heavy (non-hydrogen) atoms. The Morgan fingerprint density at radius 2 is 1.65 bits per heavy atom. The van der Waals surface area contributed by atoms with E-state index in [0.717, 1.165) is 35.5 Å². The summed E-state index contributed by atoms with van der Waals surface area (Å²) in [6, 6.07) is 3.95. The van der Waals surface area contributed by atoms with Crippen molar-refractivity contribution < 1.29 is 9.47 Å². The molecule has 1 atom stereocenters. The standard InChI is InChI=1S/C13H21NO2.ClH/c1-5-6-10(14)13-11(15-3)7-9(2)8-12(13)16-4;/h7-8,10H,5-6,14H2,1-4H3;1H/t10-;/m1./s1. The van der Waals surface area contributed by atoms with E-state index in [1.807, 2.05) is 19.1 Å². The largest absolute Gasteiger partial charge is 0.496 e. The summed E-state index contributed by atoms with van der Waals surface area (Å²) in [6.45, 7) is 4.13. The van der Waals surface area contributed by atoms with E-state index in [1.54, 1.807) is 14.2 Å². The normalized spacial score (nSPS) is 11.6. The molecule has 1 aromatic rings. The molecule has 1 aromatic carbocycles. The Morgan fingerprint density at radius 1 is 1.18 bits per heavy atom. The first-order valence-electron chi connectivity index (χ1n) is 5.62. The SMILES string of the molecule is CCC[C@@H](N)c1c(OC)cc(C)cc1OC.Cl. The minimum atomic E-state index is -0.0319. The summed E-state index contributed by atoms with van der Waals surface area (Å²) in [5.74, 6) is 1.63. The third-order valence-corrected chi connectivity index (χ3v) is 2.66. The summed E-state index contributed by atoms with van der Waals surface area (Å²) in [5.41, 5.74) is 8.23. The topological polar surface area (TPSA) is 44.5 Å². The quantitative estimate of drug-likeness (QED) is 0.883. The highest BCUT2D eigenvalue weighted by Crippen LogP contribution is 2.36. The summed E-state index contributed by atoms with van der Waals surface area (Å²) in [4.78, 5) is 0. The van der Waals surface area contributed by atoms with Gasteiger partial charge >= 0.3 is 0 Å². The fourth-order valence-electron chi connectivity index (χ4n) is 1.89.